The van der Waals surface area contributed by atoms with E-state index in [0.29, 0.717) is 32.1 Å². The van der Waals surface area contributed by atoms with Crippen LogP contribution < -0.4 is 0 Å². The van der Waals surface area contributed by atoms with Gasteiger partial charge in [-0.15, -0.1) is 0 Å². The van der Waals surface area contributed by atoms with Gasteiger partial charge >= 0.3 is 0 Å². The predicted octanol–water partition coefficient (Wildman–Crippen LogP) is 0.985. The molecule has 2 saturated heterocycles. The zero-order chi connectivity index (χ0) is 12.8. The van der Waals surface area contributed by atoms with Gasteiger partial charge in [0.15, 0.2) is 0 Å². The maximum absolute atomic E-state index is 11.4. The molecule has 2 heterocycles. The van der Waals surface area contributed by atoms with Crippen LogP contribution in [0.5, 0.6) is 0 Å². The van der Waals surface area contributed by atoms with E-state index in [1.54, 1.807) is 4.90 Å². The van der Waals surface area contributed by atoms with Gasteiger partial charge in [-0.2, -0.15) is 0 Å². The lowest BCUT2D eigenvalue weighted by Gasteiger charge is -2.17. The summed E-state index contributed by atoms with van der Waals surface area (Å²) in [5.74, 6) is 0.497. The third-order valence-corrected chi connectivity index (χ3v) is 3.56. The van der Waals surface area contributed by atoms with Crippen molar-refractivity contribution in [3.05, 3.63) is 0 Å². The van der Waals surface area contributed by atoms with Crippen molar-refractivity contribution in [3.8, 4) is 0 Å². The second-order valence-corrected chi connectivity index (χ2v) is 4.99. The van der Waals surface area contributed by atoms with E-state index in [2.05, 4.69) is 0 Å². The Morgan fingerprint density at radius 1 is 0.944 bits per heavy atom. The van der Waals surface area contributed by atoms with Crippen LogP contribution in [-0.4, -0.2) is 54.6 Å². The van der Waals surface area contributed by atoms with Crippen LogP contribution in [0.15, 0.2) is 0 Å². The highest BCUT2D eigenvalue weighted by Crippen LogP contribution is 2.11. The van der Waals surface area contributed by atoms with Crippen LogP contribution in [0.4, 0.5) is 0 Å². The summed E-state index contributed by atoms with van der Waals surface area (Å²) < 4.78 is 5.48. The van der Waals surface area contributed by atoms with E-state index in [1.165, 1.54) is 0 Å². The Balaban J connectivity index is 1.46. The zero-order valence-corrected chi connectivity index (χ0v) is 10.9. The van der Waals surface area contributed by atoms with Gasteiger partial charge in [-0.1, -0.05) is 0 Å². The van der Waals surface area contributed by atoms with Crippen molar-refractivity contribution in [2.24, 2.45) is 0 Å². The fraction of sp³-hybridized carbons (Fsp3) is 0.846. The fourth-order valence-electron chi connectivity index (χ4n) is 2.46. The highest BCUT2D eigenvalue weighted by atomic mass is 16.5. The minimum absolute atomic E-state index is 0.206. The van der Waals surface area contributed by atoms with Crippen molar-refractivity contribution >= 4 is 11.8 Å². The molecule has 0 spiro atoms. The first-order chi connectivity index (χ1) is 8.77. The molecule has 5 nitrogen and oxygen atoms in total. The molecule has 2 amide bonds. The van der Waals surface area contributed by atoms with E-state index in [9.17, 15) is 9.59 Å². The fourth-order valence-corrected chi connectivity index (χ4v) is 2.46. The van der Waals surface area contributed by atoms with Crippen molar-refractivity contribution in [1.29, 1.82) is 0 Å². The Morgan fingerprint density at radius 3 is 2.22 bits per heavy atom. The number of nitrogens with zero attached hydrogens (tertiary/aromatic N) is 2. The average molecular weight is 254 g/mol. The van der Waals surface area contributed by atoms with Crippen molar-refractivity contribution in [2.45, 2.75) is 38.5 Å². The zero-order valence-electron chi connectivity index (χ0n) is 10.9. The molecule has 2 rings (SSSR count). The number of hydrogen-bond acceptors (Lipinski definition) is 3. The van der Waals surface area contributed by atoms with E-state index < -0.39 is 0 Å². The highest BCUT2D eigenvalue weighted by molar-refractivity contribution is 5.78. The average Bonchev–Trinajstić information content (AvgIpc) is 2.94. The molecular formula is C13H22N2O3. The van der Waals surface area contributed by atoms with Gasteiger partial charge < -0.3 is 14.5 Å². The van der Waals surface area contributed by atoms with Crippen LogP contribution in [0.25, 0.3) is 0 Å². The third-order valence-electron chi connectivity index (χ3n) is 3.56. The van der Waals surface area contributed by atoms with Crippen molar-refractivity contribution in [3.63, 3.8) is 0 Å². The van der Waals surface area contributed by atoms with Crippen LogP contribution in [-0.2, 0) is 14.3 Å². The summed E-state index contributed by atoms with van der Waals surface area (Å²) in [5, 5.41) is 0. The van der Waals surface area contributed by atoms with Crippen LogP contribution in [0.1, 0.15) is 38.5 Å². The smallest absolute Gasteiger partial charge is 0.224 e. The largest absolute Gasteiger partial charge is 0.361 e. The Morgan fingerprint density at radius 2 is 1.61 bits per heavy atom. The molecule has 0 saturated carbocycles. The number of rotatable bonds is 7. The van der Waals surface area contributed by atoms with Gasteiger partial charge in [0.1, 0.15) is 6.73 Å². The third kappa shape index (κ3) is 3.70. The molecule has 2 aliphatic heterocycles. The van der Waals surface area contributed by atoms with Crippen molar-refractivity contribution in [2.75, 3.05) is 33.0 Å². The van der Waals surface area contributed by atoms with Crippen molar-refractivity contribution < 1.29 is 14.3 Å². The predicted molar refractivity (Wildman–Crippen MR) is 66.8 cm³/mol. The standard InChI is InChI=1S/C13H22N2O3/c16-12-5-3-8-14(12)7-1-2-10-18-11-15-9-4-6-13(15)17/h1-11H2. The normalized spacial score (nSPS) is 20.2. The molecule has 2 aliphatic rings. The first kappa shape index (κ1) is 13.3. The minimum atomic E-state index is 0.206. The Hall–Kier alpha value is -1.10. The summed E-state index contributed by atoms with van der Waals surface area (Å²) in [4.78, 5) is 26.4. The Kier molecular flexibility index (Phi) is 4.99. The molecule has 0 aromatic heterocycles. The number of likely N-dealkylation sites (tertiary alicyclic amines) is 2. The molecular weight excluding hydrogens is 232 g/mol. The second kappa shape index (κ2) is 6.73. The molecule has 0 unspecified atom stereocenters. The quantitative estimate of drug-likeness (QED) is 0.636. The number of ether oxygens (including phenoxy) is 1. The number of hydrogen-bond donors (Lipinski definition) is 0. The summed E-state index contributed by atoms with van der Waals surface area (Å²) in [7, 11) is 0. The highest BCUT2D eigenvalue weighted by Gasteiger charge is 2.20. The van der Waals surface area contributed by atoms with E-state index >= 15 is 0 Å². The number of carbonyl (C=O) groups excluding carboxylic acids is 2. The van der Waals surface area contributed by atoms with Crippen LogP contribution in [0.2, 0.25) is 0 Å². The molecule has 5 heteroatoms. The van der Waals surface area contributed by atoms with E-state index in [-0.39, 0.29) is 5.91 Å². The van der Waals surface area contributed by atoms with Crippen LogP contribution in [0, 0.1) is 0 Å². The van der Waals surface area contributed by atoms with E-state index in [0.717, 1.165) is 45.3 Å². The molecule has 0 N–H and O–H groups in total. The van der Waals surface area contributed by atoms with E-state index in [1.807, 2.05) is 4.90 Å². The molecule has 0 bridgehead atoms. The van der Waals surface area contributed by atoms with Gasteiger partial charge in [0.05, 0.1) is 0 Å². The van der Waals surface area contributed by atoms with Gasteiger partial charge in [-0.25, -0.2) is 0 Å². The minimum Gasteiger partial charge on any atom is -0.361 e. The molecule has 0 atom stereocenters. The Bertz CT molecular complexity index is 277. The first-order valence-electron chi connectivity index (χ1n) is 6.90. The molecule has 2 fully saturated rings. The van der Waals surface area contributed by atoms with Gasteiger partial charge in [-0.3, -0.25) is 9.59 Å². The monoisotopic (exact) mass is 254 g/mol. The topological polar surface area (TPSA) is 49.9 Å². The maximum Gasteiger partial charge on any atom is 0.224 e. The van der Waals surface area contributed by atoms with Gasteiger partial charge in [0, 0.05) is 39.1 Å². The summed E-state index contributed by atoms with van der Waals surface area (Å²) >= 11 is 0. The molecule has 0 aromatic rings. The molecule has 18 heavy (non-hydrogen) atoms. The molecule has 102 valence electrons. The van der Waals surface area contributed by atoms with Gasteiger partial charge in [-0.05, 0) is 25.7 Å². The van der Waals surface area contributed by atoms with Crippen LogP contribution in [0.3, 0.4) is 0 Å². The van der Waals surface area contributed by atoms with Gasteiger partial charge in [0.2, 0.25) is 11.8 Å². The van der Waals surface area contributed by atoms with Crippen molar-refractivity contribution in [1.82, 2.24) is 9.80 Å². The number of carbonyl (C=O) groups is 2. The van der Waals surface area contributed by atoms with E-state index in [4.69, 9.17) is 4.74 Å². The SMILES string of the molecule is O=C1CCCN1CCCCOCN1CCCC1=O. The second-order valence-electron chi connectivity index (χ2n) is 4.99. The maximum atomic E-state index is 11.4. The van der Waals surface area contributed by atoms with Gasteiger partial charge in [0.25, 0.3) is 0 Å². The lowest BCUT2D eigenvalue weighted by atomic mass is 10.3. The summed E-state index contributed by atoms with van der Waals surface area (Å²) in [5.41, 5.74) is 0. The molecule has 0 radical (unpaired) electrons. The van der Waals surface area contributed by atoms with Crippen LogP contribution >= 0.6 is 0 Å². The first-order valence-corrected chi connectivity index (χ1v) is 6.90. The number of amides is 2. The lowest BCUT2D eigenvalue weighted by molar-refractivity contribution is -0.132. The number of unbranched alkanes of at least 4 members (excludes halogenated alkanes) is 1. The molecule has 0 aliphatic carbocycles. The summed E-state index contributed by atoms with van der Waals surface area (Å²) in [6.45, 7) is 3.71. The lowest BCUT2D eigenvalue weighted by Crippen LogP contribution is -2.28. The summed E-state index contributed by atoms with van der Waals surface area (Å²) in [6.07, 6.45) is 5.28. The summed E-state index contributed by atoms with van der Waals surface area (Å²) in [6, 6.07) is 0. The molecule has 0 aromatic carbocycles. The Labute approximate surface area is 108 Å².